The standard InChI is InChI=1S/C16H18ClFN2O5/c1-8(2)25-13-6-11(10(18)5-9(13)17)20-14(15(21)22)12-7-24-4-3-19(12)16(20)23/h5-6,8,12,14H,3-4,7H2,1-2H3,(H,21,22). The number of anilines is 1. The first-order valence-electron chi connectivity index (χ1n) is 7.87. The number of rotatable bonds is 4. The molecule has 9 heteroatoms. The minimum Gasteiger partial charge on any atom is -0.489 e. The van der Waals surface area contributed by atoms with E-state index in [2.05, 4.69) is 0 Å². The van der Waals surface area contributed by atoms with Crippen molar-refractivity contribution >= 4 is 29.3 Å². The van der Waals surface area contributed by atoms with Crippen molar-refractivity contribution in [2.75, 3.05) is 24.7 Å². The van der Waals surface area contributed by atoms with E-state index in [9.17, 15) is 19.1 Å². The van der Waals surface area contributed by atoms with Crippen molar-refractivity contribution in [1.82, 2.24) is 4.90 Å². The summed E-state index contributed by atoms with van der Waals surface area (Å²) in [4.78, 5) is 26.8. The molecule has 2 aliphatic heterocycles. The summed E-state index contributed by atoms with van der Waals surface area (Å²) in [6.07, 6.45) is -0.222. The van der Waals surface area contributed by atoms with Crippen molar-refractivity contribution in [1.29, 1.82) is 0 Å². The Morgan fingerprint density at radius 2 is 2.20 bits per heavy atom. The summed E-state index contributed by atoms with van der Waals surface area (Å²) in [5.74, 6) is -1.83. The topological polar surface area (TPSA) is 79.3 Å². The maximum atomic E-state index is 14.5. The second-order valence-electron chi connectivity index (χ2n) is 6.17. The third kappa shape index (κ3) is 3.11. The van der Waals surface area contributed by atoms with Crippen molar-refractivity contribution in [3.63, 3.8) is 0 Å². The SMILES string of the molecule is CC(C)Oc1cc(N2C(=O)N3CCOCC3C2C(=O)O)c(F)cc1Cl. The van der Waals surface area contributed by atoms with Gasteiger partial charge in [-0.15, -0.1) is 0 Å². The molecule has 2 heterocycles. The fourth-order valence-corrected chi connectivity index (χ4v) is 3.32. The molecule has 7 nitrogen and oxygen atoms in total. The van der Waals surface area contributed by atoms with Crippen LogP contribution in [0.4, 0.5) is 14.9 Å². The van der Waals surface area contributed by atoms with Crippen LogP contribution in [-0.2, 0) is 9.53 Å². The molecule has 0 bridgehead atoms. The Labute approximate surface area is 148 Å². The molecule has 3 rings (SSSR count). The van der Waals surface area contributed by atoms with Crippen LogP contribution in [0.15, 0.2) is 12.1 Å². The molecule has 0 spiro atoms. The van der Waals surface area contributed by atoms with Crippen molar-refractivity contribution in [2.24, 2.45) is 0 Å². The Bertz CT molecular complexity index is 714. The van der Waals surface area contributed by atoms with Crippen LogP contribution >= 0.6 is 11.6 Å². The van der Waals surface area contributed by atoms with Gasteiger partial charge >= 0.3 is 12.0 Å². The number of carboxylic acids is 1. The van der Waals surface area contributed by atoms with Crippen molar-refractivity contribution < 1.29 is 28.6 Å². The number of carbonyl (C=O) groups excluding carboxylic acids is 1. The van der Waals surface area contributed by atoms with Gasteiger partial charge in [0, 0.05) is 12.6 Å². The second kappa shape index (κ2) is 6.68. The third-order valence-corrected chi connectivity index (χ3v) is 4.43. The Kier molecular flexibility index (Phi) is 4.75. The summed E-state index contributed by atoms with van der Waals surface area (Å²) in [6, 6.07) is -0.213. The summed E-state index contributed by atoms with van der Waals surface area (Å²) in [6.45, 7) is 4.21. The summed E-state index contributed by atoms with van der Waals surface area (Å²) in [5.41, 5.74) is -0.174. The molecule has 2 amide bonds. The number of carbonyl (C=O) groups is 2. The number of benzene rings is 1. The van der Waals surface area contributed by atoms with Gasteiger partial charge in [0.1, 0.15) is 11.6 Å². The second-order valence-corrected chi connectivity index (χ2v) is 6.58. The molecular formula is C16H18ClFN2O5. The van der Waals surface area contributed by atoms with Gasteiger partial charge in [-0.2, -0.15) is 0 Å². The van der Waals surface area contributed by atoms with Crippen LogP contribution < -0.4 is 9.64 Å². The quantitative estimate of drug-likeness (QED) is 0.877. The summed E-state index contributed by atoms with van der Waals surface area (Å²) in [5, 5.41) is 9.66. The van der Waals surface area contributed by atoms with Crippen LogP contribution in [0.2, 0.25) is 5.02 Å². The van der Waals surface area contributed by atoms with Crippen LogP contribution in [0.1, 0.15) is 13.8 Å². The van der Waals surface area contributed by atoms with E-state index in [1.807, 2.05) is 0 Å². The first-order chi connectivity index (χ1) is 11.8. The molecule has 2 fully saturated rings. The molecule has 0 aromatic heterocycles. The van der Waals surface area contributed by atoms with E-state index in [0.717, 1.165) is 11.0 Å². The Balaban J connectivity index is 2.06. The van der Waals surface area contributed by atoms with Crippen LogP contribution in [0.3, 0.4) is 0 Å². The molecule has 2 saturated heterocycles. The summed E-state index contributed by atoms with van der Waals surface area (Å²) < 4.78 is 25.4. The zero-order valence-electron chi connectivity index (χ0n) is 13.7. The molecule has 1 aromatic carbocycles. The predicted octanol–water partition coefficient (Wildman–Crippen LogP) is 2.36. The van der Waals surface area contributed by atoms with Gasteiger partial charge in [-0.25, -0.2) is 14.0 Å². The van der Waals surface area contributed by atoms with E-state index in [-0.39, 0.29) is 35.7 Å². The van der Waals surface area contributed by atoms with Crippen molar-refractivity contribution in [3.8, 4) is 5.75 Å². The van der Waals surface area contributed by atoms with Gasteiger partial charge in [-0.3, -0.25) is 4.90 Å². The van der Waals surface area contributed by atoms with Crippen LogP contribution in [-0.4, -0.2) is 60.0 Å². The highest BCUT2D eigenvalue weighted by atomic mass is 35.5. The normalized spacial score (nSPS) is 23.2. The number of fused-ring (bicyclic) bond motifs is 1. The van der Waals surface area contributed by atoms with Gasteiger partial charge in [0.25, 0.3) is 0 Å². The van der Waals surface area contributed by atoms with Crippen LogP contribution in [0.5, 0.6) is 5.75 Å². The number of amides is 2. The highest BCUT2D eigenvalue weighted by Crippen LogP contribution is 2.38. The maximum Gasteiger partial charge on any atom is 0.329 e. The Morgan fingerprint density at radius 1 is 1.48 bits per heavy atom. The van der Waals surface area contributed by atoms with Crippen molar-refractivity contribution in [3.05, 3.63) is 23.0 Å². The summed E-state index contributed by atoms with van der Waals surface area (Å²) in [7, 11) is 0. The number of morpholine rings is 1. The number of hydrogen-bond acceptors (Lipinski definition) is 4. The lowest BCUT2D eigenvalue weighted by Crippen LogP contribution is -2.49. The number of aliphatic carboxylic acids is 1. The Hall–Kier alpha value is -2.06. The van der Waals surface area contributed by atoms with Crippen LogP contribution in [0, 0.1) is 5.82 Å². The molecule has 0 saturated carbocycles. The van der Waals surface area contributed by atoms with E-state index in [4.69, 9.17) is 21.1 Å². The van der Waals surface area contributed by atoms with E-state index < -0.39 is 29.9 Å². The molecule has 136 valence electrons. The lowest BCUT2D eigenvalue weighted by Gasteiger charge is -2.29. The van der Waals surface area contributed by atoms with Gasteiger partial charge in [-0.05, 0) is 19.9 Å². The lowest BCUT2D eigenvalue weighted by atomic mass is 10.1. The number of halogens is 2. The van der Waals surface area contributed by atoms with E-state index in [1.165, 1.54) is 11.0 Å². The summed E-state index contributed by atoms with van der Waals surface area (Å²) >= 11 is 5.99. The number of carboxylic acid groups (broad SMARTS) is 1. The maximum absolute atomic E-state index is 14.5. The number of ether oxygens (including phenoxy) is 2. The monoisotopic (exact) mass is 372 g/mol. The molecule has 0 aliphatic carbocycles. The first kappa shape index (κ1) is 17.8. The smallest absolute Gasteiger partial charge is 0.329 e. The highest BCUT2D eigenvalue weighted by molar-refractivity contribution is 6.32. The zero-order valence-corrected chi connectivity index (χ0v) is 14.5. The molecular weight excluding hydrogens is 355 g/mol. The van der Waals surface area contributed by atoms with Gasteiger partial charge < -0.3 is 19.5 Å². The first-order valence-corrected chi connectivity index (χ1v) is 8.25. The minimum absolute atomic E-state index is 0.0505. The fourth-order valence-electron chi connectivity index (χ4n) is 3.13. The van der Waals surface area contributed by atoms with Crippen LogP contribution in [0.25, 0.3) is 0 Å². The molecule has 2 unspecified atom stereocenters. The average molecular weight is 373 g/mol. The molecule has 1 aromatic rings. The van der Waals surface area contributed by atoms with Gasteiger partial charge in [0.15, 0.2) is 6.04 Å². The third-order valence-electron chi connectivity index (χ3n) is 4.14. The van der Waals surface area contributed by atoms with Gasteiger partial charge in [0.05, 0.1) is 36.1 Å². The average Bonchev–Trinajstić information content (AvgIpc) is 2.83. The van der Waals surface area contributed by atoms with E-state index in [1.54, 1.807) is 13.8 Å². The van der Waals surface area contributed by atoms with E-state index in [0.29, 0.717) is 6.61 Å². The molecule has 1 N–H and O–H groups in total. The number of nitrogens with zero attached hydrogens (tertiary/aromatic N) is 2. The molecule has 0 radical (unpaired) electrons. The predicted molar refractivity (Wildman–Crippen MR) is 87.8 cm³/mol. The zero-order chi connectivity index (χ0) is 18.3. The van der Waals surface area contributed by atoms with E-state index >= 15 is 0 Å². The van der Waals surface area contributed by atoms with Gasteiger partial charge in [0.2, 0.25) is 0 Å². The molecule has 25 heavy (non-hydrogen) atoms. The lowest BCUT2D eigenvalue weighted by molar-refractivity contribution is -0.140. The molecule has 2 atom stereocenters. The number of hydrogen-bond donors (Lipinski definition) is 1. The largest absolute Gasteiger partial charge is 0.489 e. The van der Waals surface area contributed by atoms with Crippen molar-refractivity contribution in [2.45, 2.75) is 32.0 Å². The number of urea groups is 1. The minimum atomic E-state index is -1.25. The Morgan fingerprint density at radius 3 is 2.84 bits per heavy atom. The highest BCUT2D eigenvalue weighted by Gasteiger charge is 2.52. The molecule has 2 aliphatic rings. The van der Waals surface area contributed by atoms with Gasteiger partial charge in [-0.1, -0.05) is 11.6 Å². The fraction of sp³-hybridized carbons (Fsp3) is 0.500.